The molecule has 5 heteroatoms. The van der Waals surface area contributed by atoms with Gasteiger partial charge in [0.05, 0.1) is 10.5 Å². The van der Waals surface area contributed by atoms with Gasteiger partial charge in [-0.2, -0.15) is 0 Å². The van der Waals surface area contributed by atoms with Gasteiger partial charge in [-0.25, -0.2) is 4.39 Å². The van der Waals surface area contributed by atoms with Crippen molar-refractivity contribution in [3.05, 3.63) is 28.5 Å². The number of amides is 1. The van der Waals surface area contributed by atoms with Crippen LogP contribution >= 0.6 is 31.9 Å². The van der Waals surface area contributed by atoms with Gasteiger partial charge >= 0.3 is 0 Å². The Balaban J connectivity index is 2.77. The van der Waals surface area contributed by atoms with Crippen molar-refractivity contribution in [3.8, 4) is 0 Å². The smallest absolute Gasteiger partial charge is 0.238 e. The number of halogens is 3. The molecule has 0 fully saturated rings. The second kappa shape index (κ2) is 5.77. The van der Waals surface area contributed by atoms with Crippen molar-refractivity contribution in [1.29, 1.82) is 0 Å². The SMILES string of the molecule is CC(C)C(Br)C(=O)Nc1ccc(F)cc1Br. The number of alkyl halides is 1. The zero-order valence-electron chi connectivity index (χ0n) is 8.93. The van der Waals surface area contributed by atoms with Crippen molar-refractivity contribution in [3.63, 3.8) is 0 Å². The molecule has 0 aliphatic rings. The van der Waals surface area contributed by atoms with Gasteiger partial charge < -0.3 is 5.32 Å². The second-order valence-corrected chi connectivity index (χ2v) is 5.60. The molecule has 16 heavy (non-hydrogen) atoms. The monoisotopic (exact) mass is 351 g/mol. The van der Waals surface area contributed by atoms with Gasteiger partial charge in [-0.1, -0.05) is 29.8 Å². The standard InChI is InChI=1S/C11H12Br2FNO/c1-6(2)10(13)11(16)15-9-4-3-7(14)5-8(9)12/h3-6,10H,1-2H3,(H,15,16). The maximum Gasteiger partial charge on any atom is 0.238 e. The lowest BCUT2D eigenvalue weighted by Crippen LogP contribution is -2.27. The van der Waals surface area contributed by atoms with E-state index in [0.717, 1.165) is 0 Å². The molecule has 1 aromatic rings. The van der Waals surface area contributed by atoms with E-state index in [9.17, 15) is 9.18 Å². The Kier molecular flexibility index (Phi) is 4.92. The number of hydrogen-bond acceptors (Lipinski definition) is 1. The summed E-state index contributed by atoms with van der Waals surface area (Å²) in [6, 6.07) is 4.14. The van der Waals surface area contributed by atoms with Crippen LogP contribution in [0.1, 0.15) is 13.8 Å². The van der Waals surface area contributed by atoms with Crippen LogP contribution in [0.3, 0.4) is 0 Å². The van der Waals surface area contributed by atoms with Crippen LogP contribution in [0.4, 0.5) is 10.1 Å². The number of carbonyl (C=O) groups is 1. The third kappa shape index (κ3) is 3.56. The minimum absolute atomic E-state index is 0.137. The topological polar surface area (TPSA) is 29.1 Å². The highest BCUT2D eigenvalue weighted by Gasteiger charge is 2.19. The van der Waals surface area contributed by atoms with Gasteiger partial charge in [0.2, 0.25) is 5.91 Å². The van der Waals surface area contributed by atoms with Crippen molar-refractivity contribution < 1.29 is 9.18 Å². The van der Waals surface area contributed by atoms with Crippen LogP contribution in [0, 0.1) is 11.7 Å². The van der Waals surface area contributed by atoms with Crippen molar-refractivity contribution in [2.24, 2.45) is 5.92 Å². The van der Waals surface area contributed by atoms with Crippen molar-refractivity contribution in [2.75, 3.05) is 5.32 Å². The van der Waals surface area contributed by atoms with Crippen LogP contribution in [0.5, 0.6) is 0 Å². The summed E-state index contributed by atoms with van der Waals surface area (Å²) in [5.41, 5.74) is 0.566. The Bertz CT molecular complexity index is 396. The van der Waals surface area contributed by atoms with Gasteiger partial charge in [-0.3, -0.25) is 4.79 Å². The molecule has 0 bridgehead atoms. The molecule has 0 heterocycles. The summed E-state index contributed by atoms with van der Waals surface area (Å²) in [6.45, 7) is 3.89. The first-order valence-corrected chi connectivity index (χ1v) is 6.52. The molecule has 1 atom stereocenters. The molecule has 88 valence electrons. The van der Waals surface area contributed by atoms with Gasteiger partial charge in [-0.05, 0) is 40.0 Å². The van der Waals surface area contributed by atoms with Crippen molar-refractivity contribution in [2.45, 2.75) is 18.7 Å². The van der Waals surface area contributed by atoms with Gasteiger partial charge in [0.25, 0.3) is 0 Å². The lowest BCUT2D eigenvalue weighted by Gasteiger charge is -2.14. The summed E-state index contributed by atoms with van der Waals surface area (Å²) >= 11 is 6.49. The third-order valence-electron chi connectivity index (χ3n) is 2.02. The molecule has 0 aliphatic heterocycles. The van der Waals surface area contributed by atoms with Gasteiger partial charge in [0.1, 0.15) is 5.82 Å². The van der Waals surface area contributed by atoms with Crippen LogP contribution in [0.25, 0.3) is 0 Å². The lowest BCUT2D eigenvalue weighted by molar-refractivity contribution is -0.116. The van der Waals surface area contributed by atoms with Gasteiger partial charge in [0, 0.05) is 4.47 Å². The predicted octanol–water partition coefficient (Wildman–Crippen LogP) is 3.95. The van der Waals surface area contributed by atoms with Crippen LogP contribution in [-0.4, -0.2) is 10.7 Å². The summed E-state index contributed by atoms with van der Waals surface area (Å²) in [7, 11) is 0. The minimum Gasteiger partial charge on any atom is -0.324 e. The molecule has 0 saturated heterocycles. The fourth-order valence-corrected chi connectivity index (χ4v) is 1.66. The van der Waals surface area contributed by atoms with E-state index in [0.29, 0.717) is 10.2 Å². The maximum atomic E-state index is 12.8. The summed E-state index contributed by atoms with van der Waals surface area (Å²) in [5.74, 6) is -0.286. The molecule has 2 nitrogen and oxygen atoms in total. The van der Waals surface area contributed by atoms with Crippen molar-refractivity contribution >= 4 is 43.5 Å². The van der Waals surface area contributed by atoms with E-state index in [-0.39, 0.29) is 22.5 Å². The number of rotatable bonds is 3. The highest BCUT2D eigenvalue weighted by atomic mass is 79.9. The average Bonchev–Trinajstić information content (AvgIpc) is 2.20. The Morgan fingerprint density at radius 2 is 2.06 bits per heavy atom. The van der Waals surface area contributed by atoms with E-state index in [1.807, 2.05) is 13.8 Å². The molecular formula is C11H12Br2FNO. The van der Waals surface area contributed by atoms with Crippen LogP contribution in [0.2, 0.25) is 0 Å². The third-order valence-corrected chi connectivity index (χ3v) is 4.15. The van der Waals surface area contributed by atoms with E-state index in [1.54, 1.807) is 0 Å². The minimum atomic E-state index is -0.343. The average molecular weight is 353 g/mol. The summed E-state index contributed by atoms with van der Waals surface area (Å²) < 4.78 is 13.4. The first kappa shape index (κ1) is 13.6. The highest BCUT2D eigenvalue weighted by Crippen LogP contribution is 2.24. The number of anilines is 1. The van der Waals surface area contributed by atoms with E-state index in [2.05, 4.69) is 37.2 Å². The van der Waals surface area contributed by atoms with E-state index >= 15 is 0 Å². The Morgan fingerprint density at radius 1 is 1.44 bits per heavy atom. The molecule has 0 saturated carbocycles. The molecule has 1 unspecified atom stereocenters. The largest absolute Gasteiger partial charge is 0.324 e. The quantitative estimate of drug-likeness (QED) is 0.820. The molecule has 1 aromatic carbocycles. The molecule has 1 N–H and O–H groups in total. The Labute approximate surface area is 111 Å². The van der Waals surface area contributed by atoms with E-state index in [4.69, 9.17) is 0 Å². The normalized spacial score (nSPS) is 12.6. The first-order chi connectivity index (χ1) is 7.41. The molecule has 0 radical (unpaired) electrons. The first-order valence-electron chi connectivity index (χ1n) is 4.82. The number of hydrogen-bond donors (Lipinski definition) is 1. The molecule has 1 amide bonds. The molecular weight excluding hydrogens is 341 g/mol. The highest BCUT2D eigenvalue weighted by molar-refractivity contribution is 9.10. The van der Waals surface area contributed by atoms with Crippen LogP contribution in [0.15, 0.2) is 22.7 Å². The Hall–Kier alpha value is -0.420. The van der Waals surface area contributed by atoms with Gasteiger partial charge in [-0.15, -0.1) is 0 Å². The van der Waals surface area contributed by atoms with Crippen LogP contribution in [-0.2, 0) is 4.79 Å². The van der Waals surface area contributed by atoms with E-state index < -0.39 is 0 Å². The fraction of sp³-hybridized carbons (Fsp3) is 0.364. The van der Waals surface area contributed by atoms with Gasteiger partial charge in [0.15, 0.2) is 0 Å². The summed E-state index contributed by atoms with van der Waals surface area (Å²) in [4.78, 5) is 11.5. The zero-order valence-corrected chi connectivity index (χ0v) is 12.1. The number of carbonyl (C=O) groups excluding carboxylic acids is 1. The molecule has 0 spiro atoms. The zero-order chi connectivity index (χ0) is 12.3. The van der Waals surface area contributed by atoms with E-state index in [1.165, 1.54) is 18.2 Å². The summed E-state index contributed by atoms with van der Waals surface area (Å²) in [5, 5.41) is 2.72. The molecule has 0 aromatic heterocycles. The van der Waals surface area contributed by atoms with Crippen LogP contribution < -0.4 is 5.32 Å². The fourth-order valence-electron chi connectivity index (χ4n) is 1.10. The maximum absolute atomic E-state index is 12.8. The predicted molar refractivity (Wildman–Crippen MR) is 70.3 cm³/mol. The second-order valence-electron chi connectivity index (χ2n) is 3.76. The summed E-state index contributed by atoms with van der Waals surface area (Å²) in [6.07, 6.45) is 0. The molecule has 0 aliphatic carbocycles. The number of benzene rings is 1. The van der Waals surface area contributed by atoms with Crippen molar-refractivity contribution in [1.82, 2.24) is 0 Å². The number of nitrogens with one attached hydrogen (secondary N) is 1. The Morgan fingerprint density at radius 3 is 2.56 bits per heavy atom. The lowest BCUT2D eigenvalue weighted by atomic mass is 10.1. The molecule has 1 rings (SSSR count).